The maximum Gasteiger partial charge on any atom is 0.123 e. The minimum atomic E-state index is 0.496. The topological polar surface area (TPSA) is 51.4 Å². The lowest BCUT2D eigenvalue weighted by Crippen LogP contribution is -2.17. The minimum absolute atomic E-state index is 0.496. The maximum atomic E-state index is 5.68. The Hall–Kier alpha value is -1.91. The number of nitrogens with two attached hydrogens (primary N) is 1. The van der Waals surface area contributed by atoms with Crippen LogP contribution in [-0.4, -0.2) is 24.0 Å². The number of hydrogen-bond acceptors (Lipinski definition) is 4. The minimum Gasteiger partial charge on any atom is -0.496 e. The van der Waals surface area contributed by atoms with E-state index in [4.69, 9.17) is 10.5 Å². The van der Waals surface area contributed by atoms with Crippen LogP contribution in [0.3, 0.4) is 0 Å². The molecule has 1 heterocycles. The quantitative estimate of drug-likeness (QED) is 0.875. The predicted octanol–water partition coefficient (Wildman–Crippen LogP) is 2.18. The van der Waals surface area contributed by atoms with Crippen LogP contribution in [0.1, 0.15) is 16.7 Å². The van der Waals surface area contributed by atoms with Crippen molar-refractivity contribution in [2.45, 2.75) is 19.6 Å². The highest BCUT2D eigenvalue weighted by atomic mass is 16.5. The Labute approximate surface area is 120 Å². The van der Waals surface area contributed by atoms with Gasteiger partial charge in [0.1, 0.15) is 5.75 Å². The number of rotatable bonds is 6. The van der Waals surface area contributed by atoms with Gasteiger partial charge in [-0.25, -0.2) is 0 Å². The van der Waals surface area contributed by atoms with Gasteiger partial charge in [0.15, 0.2) is 0 Å². The summed E-state index contributed by atoms with van der Waals surface area (Å²) in [4.78, 5) is 6.29. The second-order valence-electron chi connectivity index (χ2n) is 4.88. The molecule has 0 saturated carbocycles. The van der Waals surface area contributed by atoms with Crippen LogP contribution in [-0.2, 0) is 19.6 Å². The number of pyridine rings is 1. The fourth-order valence-electron chi connectivity index (χ4n) is 2.22. The Balaban J connectivity index is 2.02. The summed E-state index contributed by atoms with van der Waals surface area (Å²) in [7, 11) is 3.78. The van der Waals surface area contributed by atoms with E-state index < -0.39 is 0 Å². The Bertz CT molecular complexity index is 543. The van der Waals surface area contributed by atoms with Crippen molar-refractivity contribution in [1.29, 1.82) is 0 Å². The molecule has 1 aromatic heterocycles. The number of benzene rings is 1. The molecule has 4 heteroatoms. The average Bonchev–Trinajstić information content (AvgIpc) is 2.48. The van der Waals surface area contributed by atoms with Crippen LogP contribution in [0.4, 0.5) is 0 Å². The summed E-state index contributed by atoms with van der Waals surface area (Å²) in [6.45, 7) is 2.25. The molecule has 0 unspecified atom stereocenters. The first-order valence-electron chi connectivity index (χ1n) is 6.66. The summed E-state index contributed by atoms with van der Waals surface area (Å²) < 4.78 is 5.37. The van der Waals surface area contributed by atoms with Gasteiger partial charge in [-0.1, -0.05) is 12.1 Å². The zero-order valence-corrected chi connectivity index (χ0v) is 12.0. The second-order valence-corrected chi connectivity index (χ2v) is 4.88. The van der Waals surface area contributed by atoms with Crippen LogP contribution in [0.5, 0.6) is 5.75 Å². The van der Waals surface area contributed by atoms with Gasteiger partial charge >= 0.3 is 0 Å². The molecule has 4 nitrogen and oxygen atoms in total. The van der Waals surface area contributed by atoms with Gasteiger partial charge in [-0.2, -0.15) is 0 Å². The third-order valence-corrected chi connectivity index (χ3v) is 3.23. The summed E-state index contributed by atoms with van der Waals surface area (Å²) in [6.07, 6.45) is 3.64. The fourth-order valence-corrected chi connectivity index (χ4v) is 2.22. The van der Waals surface area contributed by atoms with Crippen LogP contribution >= 0.6 is 0 Å². The van der Waals surface area contributed by atoms with E-state index in [1.165, 1.54) is 11.1 Å². The van der Waals surface area contributed by atoms with E-state index in [9.17, 15) is 0 Å². The molecule has 0 amide bonds. The van der Waals surface area contributed by atoms with Gasteiger partial charge in [0, 0.05) is 37.6 Å². The molecular formula is C16H21N3O. The van der Waals surface area contributed by atoms with Crippen LogP contribution in [0.2, 0.25) is 0 Å². The number of methoxy groups -OCH3 is 1. The molecule has 106 valence electrons. The van der Waals surface area contributed by atoms with E-state index >= 15 is 0 Å². The average molecular weight is 271 g/mol. The van der Waals surface area contributed by atoms with Crippen molar-refractivity contribution >= 4 is 0 Å². The highest BCUT2D eigenvalue weighted by Crippen LogP contribution is 2.20. The lowest BCUT2D eigenvalue weighted by molar-refractivity contribution is 0.318. The largest absolute Gasteiger partial charge is 0.496 e. The van der Waals surface area contributed by atoms with E-state index in [-0.39, 0.29) is 0 Å². The standard InChI is InChI=1S/C16H21N3O/c1-19(11-13-5-7-18-8-6-13)12-14-3-4-15(10-17)16(9-14)20-2/h3-9H,10-12,17H2,1-2H3. The number of ether oxygens (including phenoxy) is 1. The van der Waals surface area contributed by atoms with Gasteiger partial charge in [-0.15, -0.1) is 0 Å². The normalized spacial score (nSPS) is 10.8. The molecule has 2 rings (SSSR count). The van der Waals surface area contributed by atoms with Crippen LogP contribution in [0.15, 0.2) is 42.7 Å². The van der Waals surface area contributed by atoms with Gasteiger partial charge < -0.3 is 10.5 Å². The van der Waals surface area contributed by atoms with E-state index in [2.05, 4.69) is 29.1 Å². The molecule has 0 aliphatic rings. The number of aromatic nitrogens is 1. The van der Waals surface area contributed by atoms with Crippen LogP contribution in [0, 0.1) is 0 Å². The summed E-state index contributed by atoms with van der Waals surface area (Å²) >= 11 is 0. The Kier molecular flexibility index (Phi) is 5.09. The van der Waals surface area contributed by atoms with Crippen LogP contribution in [0.25, 0.3) is 0 Å². The highest BCUT2D eigenvalue weighted by Gasteiger charge is 2.06. The monoisotopic (exact) mass is 271 g/mol. The molecule has 2 aromatic rings. The highest BCUT2D eigenvalue weighted by molar-refractivity contribution is 5.37. The van der Waals surface area contributed by atoms with E-state index in [1.807, 2.05) is 30.6 Å². The molecule has 2 N–H and O–H groups in total. The van der Waals surface area contributed by atoms with E-state index in [0.717, 1.165) is 24.4 Å². The first-order chi connectivity index (χ1) is 9.72. The smallest absolute Gasteiger partial charge is 0.123 e. The predicted molar refractivity (Wildman–Crippen MR) is 80.3 cm³/mol. The van der Waals surface area contributed by atoms with Crippen molar-refractivity contribution in [2.24, 2.45) is 5.73 Å². The lowest BCUT2D eigenvalue weighted by Gasteiger charge is -2.18. The second kappa shape index (κ2) is 7.03. The Morgan fingerprint density at radius 1 is 1.10 bits per heavy atom. The number of nitrogens with zero attached hydrogens (tertiary/aromatic N) is 2. The molecule has 0 aliphatic heterocycles. The molecule has 20 heavy (non-hydrogen) atoms. The zero-order valence-electron chi connectivity index (χ0n) is 12.0. The molecule has 0 spiro atoms. The van der Waals surface area contributed by atoms with Crippen molar-refractivity contribution in [3.8, 4) is 5.75 Å². The molecule has 1 aromatic carbocycles. The van der Waals surface area contributed by atoms with Crippen molar-refractivity contribution < 1.29 is 4.74 Å². The van der Waals surface area contributed by atoms with Crippen molar-refractivity contribution in [3.63, 3.8) is 0 Å². The Morgan fingerprint density at radius 2 is 1.80 bits per heavy atom. The maximum absolute atomic E-state index is 5.68. The molecule has 0 atom stereocenters. The first-order valence-corrected chi connectivity index (χ1v) is 6.66. The fraction of sp³-hybridized carbons (Fsp3) is 0.312. The third kappa shape index (κ3) is 3.79. The zero-order chi connectivity index (χ0) is 14.4. The lowest BCUT2D eigenvalue weighted by atomic mass is 10.1. The molecule has 0 radical (unpaired) electrons. The van der Waals surface area contributed by atoms with Crippen LogP contribution < -0.4 is 10.5 Å². The van der Waals surface area contributed by atoms with Gasteiger partial charge in [0.2, 0.25) is 0 Å². The first kappa shape index (κ1) is 14.5. The molecule has 0 saturated heterocycles. The van der Waals surface area contributed by atoms with E-state index in [0.29, 0.717) is 6.54 Å². The summed E-state index contributed by atoms with van der Waals surface area (Å²) in [5.74, 6) is 0.863. The van der Waals surface area contributed by atoms with Crippen molar-refractivity contribution in [2.75, 3.05) is 14.2 Å². The van der Waals surface area contributed by atoms with Crippen molar-refractivity contribution in [3.05, 3.63) is 59.4 Å². The van der Waals surface area contributed by atoms with Gasteiger partial charge in [-0.3, -0.25) is 9.88 Å². The van der Waals surface area contributed by atoms with Gasteiger partial charge in [-0.05, 0) is 36.4 Å². The summed E-state index contributed by atoms with van der Waals surface area (Å²) in [5.41, 5.74) is 9.19. The van der Waals surface area contributed by atoms with Crippen molar-refractivity contribution in [1.82, 2.24) is 9.88 Å². The summed E-state index contributed by atoms with van der Waals surface area (Å²) in [5, 5.41) is 0. The molecule has 0 bridgehead atoms. The molecule has 0 aliphatic carbocycles. The molecule has 0 fully saturated rings. The summed E-state index contributed by atoms with van der Waals surface area (Å²) in [6, 6.07) is 10.3. The number of hydrogen-bond donors (Lipinski definition) is 1. The SMILES string of the molecule is COc1cc(CN(C)Cc2ccncc2)ccc1CN. The van der Waals surface area contributed by atoms with E-state index in [1.54, 1.807) is 7.11 Å². The Morgan fingerprint density at radius 3 is 2.45 bits per heavy atom. The van der Waals surface area contributed by atoms with Gasteiger partial charge in [0.25, 0.3) is 0 Å². The molecular weight excluding hydrogens is 250 g/mol. The van der Waals surface area contributed by atoms with Gasteiger partial charge in [0.05, 0.1) is 7.11 Å². The third-order valence-electron chi connectivity index (χ3n) is 3.23.